The van der Waals surface area contributed by atoms with Crippen LogP contribution >= 0.6 is 0 Å². The lowest BCUT2D eigenvalue weighted by Gasteiger charge is -2.22. The molecule has 2 rings (SSSR count). The van der Waals surface area contributed by atoms with Gasteiger partial charge >= 0.3 is 0 Å². The minimum absolute atomic E-state index is 0.0593. The van der Waals surface area contributed by atoms with Gasteiger partial charge in [-0.25, -0.2) is 0 Å². The van der Waals surface area contributed by atoms with Crippen LogP contribution in [-0.2, 0) is 4.74 Å². The molecule has 0 aliphatic carbocycles. The summed E-state index contributed by atoms with van der Waals surface area (Å²) >= 11 is 0. The molecular formula is C15H23N3O3. The summed E-state index contributed by atoms with van der Waals surface area (Å²) in [4.78, 5) is 16.6. The van der Waals surface area contributed by atoms with E-state index in [-0.39, 0.29) is 11.7 Å². The highest BCUT2D eigenvalue weighted by Gasteiger charge is 2.21. The Labute approximate surface area is 125 Å². The van der Waals surface area contributed by atoms with Gasteiger partial charge in [0.05, 0.1) is 12.2 Å². The van der Waals surface area contributed by atoms with E-state index in [4.69, 9.17) is 10.5 Å². The van der Waals surface area contributed by atoms with Crippen LogP contribution in [-0.4, -0.2) is 67.3 Å². The number of phenols is 1. The van der Waals surface area contributed by atoms with Crippen molar-refractivity contribution in [2.45, 2.75) is 6.42 Å². The Morgan fingerprint density at radius 3 is 2.90 bits per heavy atom. The van der Waals surface area contributed by atoms with Gasteiger partial charge in [0, 0.05) is 39.0 Å². The molecule has 6 nitrogen and oxygen atoms in total. The van der Waals surface area contributed by atoms with E-state index in [1.807, 2.05) is 0 Å². The topological polar surface area (TPSA) is 79.0 Å². The van der Waals surface area contributed by atoms with Crippen molar-refractivity contribution in [3.8, 4) is 5.75 Å². The lowest BCUT2D eigenvalue weighted by Crippen LogP contribution is -2.36. The first-order valence-electron chi connectivity index (χ1n) is 7.21. The first-order valence-corrected chi connectivity index (χ1v) is 7.21. The van der Waals surface area contributed by atoms with Crippen LogP contribution in [0.25, 0.3) is 0 Å². The lowest BCUT2D eigenvalue weighted by molar-refractivity contribution is 0.0760. The summed E-state index contributed by atoms with van der Waals surface area (Å²) in [5.41, 5.74) is 6.62. The number of anilines is 1. The Hall–Kier alpha value is -1.79. The Bertz CT molecular complexity index is 493. The number of carbonyl (C=O) groups excluding carboxylic acids is 1. The largest absolute Gasteiger partial charge is 0.508 e. The highest BCUT2D eigenvalue weighted by atomic mass is 16.5. The van der Waals surface area contributed by atoms with Crippen molar-refractivity contribution in [2.24, 2.45) is 0 Å². The third-order valence-corrected chi connectivity index (χ3v) is 3.75. The molecule has 0 radical (unpaired) electrons. The second-order valence-corrected chi connectivity index (χ2v) is 5.25. The van der Waals surface area contributed by atoms with E-state index in [0.29, 0.717) is 30.9 Å². The molecule has 1 aliphatic rings. The summed E-state index contributed by atoms with van der Waals surface area (Å²) in [5.74, 6) is -0.0546. The number of rotatable bonds is 4. The number of ether oxygens (including phenoxy) is 1. The molecule has 1 amide bonds. The zero-order chi connectivity index (χ0) is 15.2. The molecular weight excluding hydrogens is 270 g/mol. The summed E-state index contributed by atoms with van der Waals surface area (Å²) in [5, 5.41) is 9.53. The molecule has 3 N–H and O–H groups in total. The second-order valence-electron chi connectivity index (χ2n) is 5.25. The number of benzene rings is 1. The van der Waals surface area contributed by atoms with E-state index >= 15 is 0 Å². The minimum atomic E-state index is -0.114. The van der Waals surface area contributed by atoms with Crippen molar-refractivity contribution in [3.63, 3.8) is 0 Å². The number of methoxy groups -OCH3 is 1. The van der Waals surface area contributed by atoms with E-state index in [1.165, 1.54) is 12.1 Å². The predicted octanol–water partition coefficient (Wildman–Crippen LogP) is 0.769. The van der Waals surface area contributed by atoms with Gasteiger partial charge in [-0.1, -0.05) is 0 Å². The predicted molar refractivity (Wildman–Crippen MR) is 81.4 cm³/mol. The quantitative estimate of drug-likeness (QED) is 0.633. The molecule has 1 aromatic carbocycles. The number of nitrogens with zero attached hydrogens (tertiary/aromatic N) is 2. The van der Waals surface area contributed by atoms with Crippen LogP contribution in [0.3, 0.4) is 0 Å². The fraction of sp³-hybridized carbons (Fsp3) is 0.533. The monoisotopic (exact) mass is 293 g/mol. The van der Waals surface area contributed by atoms with Crippen LogP contribution < -0.4 is 5.73 Å². The number of carbonyl (C=O) groups is 1. The number of nitrogen functional groups attached to an aromatic ring is 1. The fourth-order valence-electron chi connectivity index (χ4n) is 2.52. The maximum absolute atomic E-state index is 12.5. The third kappa shape index (κ3) is 4.09. The molecule has 1 aliphatic heterocycles. The molecule has 1 fully saturated rings. The van der Waals surface area contributed by atoms with E-state index in [2.05, 4.69) is 4.90 Å². The molecule has 0 spiro atoms. The molecule has 6 heteroatoms. The maximum atomic E-state index is 12.5. The Morgan fingerprint density at radius 2 is 2.14 bits per heavy atom. The Kier molecular flexibility index (Phi) is 5.41. The number of aromatic hydroxyl groups is 1. The summed E-state index contributed by atoms with van der Waals surface area (Å²) in [6.07, 6.45) is 0.925. The van der Waals surface area contributed by atoms with Gasteiger partial charge in [-0.3, -0.25) is 9.69 Å². The van der Waals surface area contributed by atoms with Crippen LogP contribution in [0.2, 0.25) is 0 Å². The molecule has 1 saturated heterocycles. The average Bonchev–Trinajstić information content (AvgIpc) is 2.72. The molecule has 116 valence electrons. The van der Waals surface area contributed by atoms with Gasteiger partial charge in [0.15, 0.2) is 0 Å². The highest BCUT2D eigenvalue weighted by Crippen LogP contribution is 2.20. The van der Waals surface area contributed by atoms with Crippen molar-refractivity contribution >= 4 is 11.6 Å². The highest BCUT2D eigenvalue weighted by molar-refractivity contribution is 5.99. The number of hydrogen-bond acceptors (Lipinski definition) is 5. The summed E-state index contributed by atoms with van der Waals surface area (Å²) < 4.78 is 5.09. The average molecular weight is 293 g/mol. The number of hydrogen-bond donors (Lipinski definition) is 2. The third-order valence-electron chi connectivity index (χ3n) is 3.75. The fourth-order valence-corrected chi connectivity index (χ4v) is 2.52. The van der Waals surface area contributed by atoms with Gasteiger partial charge in [-0.2, -0.15) is 0 Å². The molecule has 0 atom stereocenters. The Balaban J connectivity index is 2.01. The first-order chi connectivity index (χ1) is 10.1. The lowest BCUT2D eigenvalue weighted by atomic mass is 10.1. The van der Waals surface area contributed by atoms with E-state index in [9.17, 15) is 9.90 Å². The van der Waals surface area contributed by atoms with Crippen molar-refractivity contribution in [2.75, 3.05) is 52.2 Å². The van der Waals surface area contributed by atoms with Crippen LogP contribution in [0.5, 0.6) is 5.75 Å². The van der Waals surface area contributed by atoms with Crippen molar-refractivity contribution in [1.82, 2.24) is 9.80 Å². The standard InChI is InChI=1S/C15H23N3O3/c1-21-10-9-17-5-2-6-18(8-7-17)15(20)13-11-12(19)3-4-14(13)16/h3-4,11,19H,2,5-10,16H2,1H3. The van der Waals surface area contributed by atoms with Gasteiger partial charge in [0.2, 0.25) is 0 Å². The molecule has 0 aromatic heterocycles. The van der Waals surface area contributed by atoms with Crippen LogP contribution in [0.4, 0.5) is 5.69 Å². The van der Waals surface area contributed by atoms with Gasteiger partial charge in [0.1, 0.15) is 5.75 Å². The number of amides is 1. The molecule has 21 heavy (non-hydrogen) atoms. The molecule has 1 heterocycles. The van der Waals surface area contributed by atoms with Crippen molar-refractivity contribution < 1.29 is 14.6 Å². The molecule has 1 aromatic rings. The summed E-state index contributed by atoms with van der Waals surface area (Å²) in [6.45, 7) is 4.74. The molecule has 0 saturated carbocycles. The van der Waals surface area contributed by atoms with Gasteiger partial charge < -0.3 is 20.5 Å². The van der Waals surface area contributed by atoms with E-state index < -0.39 is 0 Å². The van der Waals surface area contributed by atoms with Crippen LogP contribution in [0.1, 0.15) is 16.8 Å². The summed E-state index contributed by atoms with van der Waals surface area (Å²) in [7, 11) is 1.69. The first kappa shape index (κ1) is 15.6. The smallest absolute Gasteiger partial charge is 0.256 e. The zero-order valence-corrected chi connectivity index (χ0v) is 12.4. The molecule has 0 bridgehead atoms. The van der Waals surface area contributed by atoms with Crippen LogP contribution in [0.15, 0.2) is 18.2 Å². The zero-order valence-electron chi connectivity index (χ0n) is 12.4. The Morgan fingerprint density at radius 1 is 1.33 bits per heavy atom. The van der Waals surface area contributed by atoms with Gasteiger partial charge in [0.25, 0.3) is 5.91 Å². The normalized spacial score (nSPS) is 16.7. The van der Waals surface area contributed by atoms with Gasteiger partial charge in [-0.15, -0.1) is 0 Å². The summed E-state index contributed by atoms with van der Waals surface area (Å²) in [6, 6.07) is 4.48. The van der Waals surface area contributed by atoms with Crippen molar-refractivity contribution in [3.05, 3.63) is 23.8 Å². The minimum Gasteiger partial charge on any atom is -0.508 e. The van der Waals surface area contributed by atoms with Crippen molar-refractivity contribution in [1.29, 1.82) is 0 Å². The number of phenolic OH excluding ortho intramolecular Hbond substituents is 1. The van der Waals surface area contributed by atoms with E-state index in [0.717, 1.165) is 26.1 Å². The molecule has 0 unspecified atom stereocenters. The van der Waals surface area contributed by atoms with Gasteiger partial charge in [-0.05, 0) is 31.2 Å². The number of nitrogens with two attached hydrogens (primary N) is 1. The maximum Gasteiger partial charge on any atom is 0.256 e. The van der Waals surface area contributed by atoms with Crippen LogP contribution in [0, 0.1) is 0 Å². The SMILES string of the molecule is COCCN1CCCN(C(=O)c2cc(O)ccc2N)CC1. The second kappa shape index (κ2) is 7.28. The van der Waals surface area contributed by atoms with E-state index in [1.54, 1.807) is 18.1 Å².